The molecular formula is C18H17N5O. The van der Waals surface area contributed by atoms with E-state index in [4.69, 9.17) is 0 Å². The lowest BCUT2D eigenvalue weighted by Gasteiger charge is -2.07. The van der Waals surface area contributed by atoms with E-state index in [2.05, 4.69) is 25.9 Å². The minimum atomic E-state index is -0.161. The first-order valence-corrected chi connectivity index (χ1v) is 7.44. The number of carbonyl (C=O) groups is 1. The van der Waals surface area contributed by atoms with E-state index < -0.39 is 0 Å². The normalized spacial score (nSPS) is 10.7. The smallest absolute Gasteiger partial charge is 0.255 e. The lowest BCUT2D eigenvalue weighted by atomic mass is 10.1. The van der Waals surface area contributed by atoms with Gasteiger partial charge in [-0.05, 0) is 40.3 Å². The maximum Gasteiger partial charge on any atom is 0.255 e. The highest BCUT2D eigenvalue weighted by atomic mass is 16.1. The fraction of sp³-hybridized carbons (Fsp3) is 0. The van der Waals surface area contributed by atoms with Gasteiger partial charge in [-0.25, -0.2) is 0 Å². The van der Waals surface area contributed by atoms with Crippen LogP contribution in [0, 0.1) is 0 Å². The first-order valence-electron chi connectivity index (χ1n) is 7.44. The van der Waals surface area contributed by atoms with E-state index in [9.17, 15) is 4.79 Å². The van der Waals surface area contributed by atoms with Crippen LogP contribution in [0.15, 0.2) is 66.7 Å². The van der Waals surface area contributed by atoms with Gasteiger partial charge in [-0.2, -0.15) is 5.21 Å². The predicted molar refractivity (Wildman–Crippen MR) is 95.7 cm³/mol. The van der Waals surface area contributed by atoms with Crippen LogP contribution in [0.5, 0.6) is 0 Å². The number of fused-ring (bicyclic) bond motifs is 1. The molecule has 120 valence electrons. The molecule has 0 aliphatic rings. The third-order valence-corrected chi connectivity index (χ3v) is 3.74. The zero-order chi connectivity index (χ0) is 16.4. The number of amides is 1. The summed E-state index contributed by atoms with van der Waals surface area (Å²) in [4.78, 5) is 12.5. The predicted octanol–water partition coefficient (Wildman–Crippen LogP) is 3.76. The van der Waals surface area contributed by atoms with E-state index in [1.54, 1.807) is 0 Å². The number of nitrogens with zero attached hydrogens (tertiary/aromatic N) is 3. The van der Waals surface area contributed by atoms with Crippen LogP contribution in [-0.2, 0) is 0 Å². The number of tetrazole rings is 1. The molecular weight excluding hydrogens is 302 g/mol. The average Bonchev–Trinajstić information content (AvgIpc) is 3.16. The van der Waals surface area contributed by atoms with Crippen LogP contribution >= 0.6 is 0 Å². The molecule has 0 saturated heterocycles. The molecule has 4 aromatic rings. The van der Waals surface area contributed by atoms with E-state index >= 15 is 0 Å². The number of anilines is 1. The molecule has 0 radical (unpaired) electrons. The van der Waals surface area contributed by atoms with E-state index in [1.807, 2.05) is 66.7 Å². The van der Waals surface area contributed by atoms with Gasteiger partial charge in [-0.1, -0.05) is 42.5 Å². The van der Waals surface area contributed by atoms with Crippen molar-refractivity contribution in [2.24, 2.45) is 0 Å². The Kier molecular flexibility index (Phi) is 3.47. The minimum absolute atomic E-state index is 0. The van der Waals surface area contributed by atoms with Crippen molar-refractivity contribution in [1.82, 2.24) is 20.6 Å². The Morgan fingerprint density at radius 2 is 1.83 bits per heavy atom. The van der Waals surface area contributed by atoms with Crippen molar-refractivity contribution in [3.05, 3.63) is 72.3 Å². The zero-order valence-electron chi connectivity index (χ0n) is 12.6. The van der Waals surface area contributed by atoms with Crippen LogP contribution in [0.4, 0.5) is 5.69 Å². The standard InChI is InChI=1S/C18H13N5O.2H2/c24-18(15-9-8-12-4-1-2-5-13(12)10-15)19-16-7-3-6-14(11-16)17-20-22-23-21-17;;/h1-11H,(H,19,24)(H,20,21,22,23);2*1H. The molecule has 1 heterocycles. The van der Waals surface area contributed by atoms with Crippen LogP contribution in [0.1, 0.15) is 13.2 Å². The highest BCUT2D eigenvalue weighted by Crippen LogP contribution is 2.20. The second-order valence-corrected chi connectivity index (χ2v) is 5.33. The Morgan fingerprint density at radius 3 is 2.67 bits per heavy atom. The number of aromatic nitrogens is 4. The molecule has 4 rings (SSSR count). The molecule has 0 atom stereocenters. The summed E-state index contributed by atoms with van der Waals surface area (Å²) < 4.78 is 0. The number of hydrogen-bond acceptors (Lipinski definition) is 4. The van der Waals surface area contributed by atoms with Crippen molar-refractivity contribution in [1.29, 1.82) is 0 Å². The Bertz CT molecular complexity index is 1020. The number of carbonyl (C=O) groups excluding carboxylic acids is 1. The first-order chi connectivity index (χ1) is 11.8. The average molecular weight is 319 g/mol. The van der Waals surface area contributed by atoms with Crippen molar-refractivity contribution < 1.29 is 7.65 Å². The van der Waals surface area contributed by atoms with Gasteiger partial charge < -0.3 is 5.32 Å². The Morgan fingerprint density at radius 1 is 0.958 bits per heavy atom. The van der Waals surface area contributed by atoms with Crippen molar-refractivity contribution in [2.45, 2.75) is 0 Å². The molecule has 24 heavy (non-hydrogen) atoms. The topological polar surface area (TPSA) is 83.6 Å². The number of aromatic amines is 1. The Hall–Kier alpha value is -3.54. The molecule has 2 N–H and O–H groups in total. The molecule has 3 aromatic carbocycles. The number of benzene rings is 3. The van der Waals surface area contributed by atoms with E-state index in [0.717, 1.165) is 16.3 Å². The summed E-state index contributed by atoms with van der Waals surface area (Å²) in [6, 6.07) is 20.9. The maximum absolute atomic E-state index is 12.5. The molecule has 0 fully saturated rings. The summed E-state index contributed by atoms with van der Waals surface area (Å²) in [5.41, 5.74) is 2.06. The summed E-state index contributed by atoms with van der Waals surface area (Å²) in [7, 11) is 0. The maximum atomic E-state index is 12.5. The summed E-state index contributed by atoms with van der Waals surface area (Å²) in [6.45, 7) is 0. The van der Waals surface area contributed by atoms with Crippen LogP contribution in [0.2, 0.25) is 0 Å². The van der Waals surface area contributed by atoms with Gasteiger partial charge in [0.1, 0.15) is 0 Å². The molecule has 6 heteroatoms. The summed E-state index contributed by atoms with van der Waals surface area (Å²) in [5.74, 6) is 0.322. The van der Waals surface area contributed by atoms with Crippen LogP contribution in [0.3, 0.4) is 0 Å². The Labute approximate surface area is 140 Å². The fourth-order valence-corrected chi connectivity index (χ4v) is 2.55. The van der Waals surface area contributed by atoms with Crippen LogP contribution < -0.4 is 5.32 Å². The molecule has 0 spiro atoms. The van der Waals surface area contributed by atoms with E-state index in [1.165, 1.54) is 0 Å². The van der Waals surface area contributed by atoms with Crippen molar-refractivity contribution >= 4 is 22.4 Å². The SMILES string of the molecule is O=C(Nc1cccc(-c2nn[nH]n2)c1)c1ccc2ccccc2c1.[HH].[HH]. The van der Waals surface area contributed by atoms with E-state index in [-0.39, 0.29) is 8.76 Å². The van der Waals surface area contributed by atoms with Crippen molar-refractivity contribution in [3.8, 4) is 11.4 Å². The summed E-state index contributed by atoms with van der Waals surface area (Å²) >= 11 is 0. The Balaban J connectivity index is 0.00000121. The van der Waals surface area contributed by atoms with Gasteiger partial charge in [0.25, 0.3) is 5.91 Å². The van der Waals surface area contributed by atoms with Crippen LogP contribution in [0.25, 0.3) is 22.2 Å². The number of H-pyrrole nitrogens is 1. The lowest BCUT2D eigenvalue weighted by Crippen LogP contribution is -2.11. The molecule has 1 aromatic heterocycles. The number of rotatable bonds is 3. The number of hydrogen-bond donors (Lipinski definition) is 2. The molecule has 0 saturated carbocycles. The summed E-state index contributed by atoms with van der Waals surface area (Å²) in [5, 5.41) is 18.9. The van der Waals surface area contributed by atoms with E-state index in [0.29, 0.717) is 17.1 Å². The zero-order valence-corrected chi connectivity index (χ0v) is 12.6. The van der Waals surface area contributed by atoms with Crippen LogP contribution in [-0.4, -0.2) is 26.5 Å². The third-order valence-electron chi connectivity index (χ3n) is 3.74. The van der Waals surface area contributed by atoms with Gasteiger partial charge in [0.15, 0.2) is 0 Å². The van der Waals surface area contributed by atoms with Gasteiger partial charge in [0.05, 0.1) is 0 Å². The van der Waals surface area contributed by atoms with Gasteiger partial charge in [0, 0.05) is 19.7 Å². The number of nitrogens with one attached hydrogen (secondary N) is 2. The van der Waals surface area contributed by atoms with Crippen molar-refractivity contribution in [2.75, 3.05) is 5.32 Å². The fourth-order valence-electron chi connectivity index (χ4n) is 2.55. The van der Waals surface area contributed by atoms with Gasteiger partial charge >= 0.3 is 0 Å². The van der Waals surface area contributed by atoms with Gasteiger partial charge in [-0.3, -0.25) is 4.79 Å². The largest absolute Gasteiger partial charge is 0.322 e. The monoisotopic (exact) mass is 319 g/mol. The quantitative estimate of drug-likeness (QED) is 0.602. The molecule has 1 amide bonds. The molecule has 6 nitrogen and oxygen atoms in total. The third kappa shape index (κ3) is 2.72. The second kappa shape index (κ2) is 5.92. The summed E-state index contributed by atoms with van der Waals surface area (Å²) in [6.07, 6.45) is 0. The highest BCUT2D eigenvalue weighted by molar-refractivity contribution is 6.06. The molecule has 0 bridgehead atoms. The molecule has 0 unspecified atom stereocenters. The molecule has 0 aliphatic heterocycles. The highest BCUT2D eigenvalue weighted by Gasteiger charge is 2.09. The first kappa shape index (κ1) is 14.1. The minimum Gasteiger partial charge on any atom is -0.322 e. The van der Waals surface area contributed by atoms with Crippen molar-refractivity contribution in [3.63, 3.8) is 0 Å². The lowest BCUT2D eigenvalue weighted by molar-refractivity contribution is 0.102. The molecule has 0 aliphatic carbocycles. The second-order valence-electron chi connectivity index (χ2n) is 5.33. The van der Waals surface area contributed by atoms with Gasteiger partial charge in [0.2, 0.25) is 5.82 Å². The van der Waals surface area contributed by atoms with Gasteiger partial charge in [-0.15, -0.1) is 10.2 Å².